The Bertz CT molecular complexity index is 879. The predicted molar refractivity (Wildman–Crippen MR) is 111 cm³/mol. The van der Waals surface area contributed by atoms with Crippen molar-refractivity contribution in [3.63, 3.8) is 0 Å². The van der Waals surface area contributed by atoms with Crippen LogP contribution in [0.15, 0.2) is 42.5 Å². The van der Waals surface area contributed by atoms with Crippen molar-refractivity contribution in [2.45, 2.75) is 13.5 Å². The molecule has 1 aliphatic heterocycles. The van der Waals surface area contributed by atoms with Crippen LogP contribution in [0.1, 0.15) is 11.1 Å². The van der Waals surface area contributed by atoms with Gasteiger partial charge in [0.05, 0.1) is 30.3 Å². The largest absolute Gasteiger partial charge is 0.494 e. The first-order valence-electron chi connectivity index (χ1n) is 9.57. The van der Waals surface area contributed by atoms with Gasteiger partial charge in [-0.15, -0.1) is 0 Å². The molecule has 0 atom stereocenters. The summed E-state index contributed by atoms with van der Waals surface area (Å²) in [5.41, 5.74) is 2.92. The monoisotopic (exact) mass is 398 g/mol. The molecule has 1 saturated heterocycles. The van der Waals surface area contributed by atoms with E-state index >= 15 is 0 Å². The lowest BCUT2D eigenvalue weighted by atomic mass is 10.1. The summed E-state index contributed by atoms with van der Waals surface area (Å²) in [5, 5.41) is 13.7. The lowest BCUT2D eigenvalue weighted by molar-refractivity contribution is -0.384. The smallest absolute Gasteiger partial charge is 0.273 e. The second-order valence-electron chi connectivity index (χ2n) is 7.23. The number of nitrogens with zero attached hydrogens (tertiary/aromatic N) is 3. The number of nitro benzene ring substituents is 1. The van der Waals surface area contributed by atoms with Crippen LogP contribution >= 0.6 is 0 Å². The van der Waals surface area contributed by atoms with Gasteiger partial charge in [0.15, 0.2) is 0 Å². The summed E-state index contributed by atoms with van der Waals surface area (Å²) in [7, 11) is 1.42. The second-order valence-corrected chi connectivity index (χ2v) is 7.23. The van der Waals surface area contributed by atoms with Gasteiger partial charge in [-0.05, 0) is 18.6 Å². The molecule has 0 bridgehead atoms. The number of benzene rings is 2. The Hall–Kier alpha value is -2.97. The van der Waals surface area contributed by atoms with Gasteiger partial charge in [0.1, 0.15) is 5.75 Å². The number of amides is 1. The van der Waals surface area contributed by atoms with Crippen LogP contribution in [0.2, 0.25) is 0 Å². The average molecular weight is 398 g/mol. The van der Waals surface area contributed by atoms with E-state index in [0.29, 0.717) is 5.69 Å². The van der Waals surface area contributed by atoms with Gasteiger partial charge >= 0.3 is 0 Å². The van der Waals surface area contributed by atoms with Crippen molar-refractivity contribution in [3.05, 3.63) is 63.7 Å². The highest BCUT2D eigenvalue weighted by molar-refractivity contribution is 5.93. The number of aryl methyl sites for hydroxylation is 1. The van der Waals surface area contributed by atoms with E-state index in [9.17, 15) is 14.9 Å². The number of methoxy groups -OCH3 is 1. The molecular formula is C21H26N4O4. The zero-order valence-corrected chi connectivity index (χ0v) is 16.8. The van der Waals surface area contributed by atoms with E-state index in [0.717, 1.165) is 32.7 Å². The summed E-state index contributed by atoms with van der Waals surface area (Å²) in [5.74, 6) is 0.111. The maximum atomic E-state index is 12.4. The summed E-state index contributed by atoms with van der Waals surface area (Å²) < 4.78 is 5.17. The number of anilines is 1. The topological polar surface area (TPSA) is 87.9 Å². The Morgan fingerprint density at radius 3 is 2.52 bits per heavy atom. The number of hydrogen-bond donors (Lipinski definition) is 1. The van der Waals surface area contributed by atoms with Crippen LogP contribution in [-0.4, -0.2) is 60.5 Å². The Balaban J connectivity index is 1.49. The van der Waals surface area contributed by atoms with Crippen molar-refractivity contribution in [1.29, 1.82) is 0 Å². The van der Waals surface area contributed by atoms with Crippen LogP contribution in [0.25, 0.3) is 0 Å². The van der Waals surface area contributed by atoms with Gasteiger partial charge in [-0.25, -0.2) is 0 Å². The van der Waals surface area contributed by atoms with E-state index in [4.69, 9.17) is 4.74 Å². The van der Waals surface area contributed by atoms with Crippen LogP contribution < -0.4 is 10.1 Å². The zero-order chi connectivity index (χ0) is 20.8. The normalized spacial score (nSPS) is 15.1. The fourth-order valence-electron chi connectivity index (χ4n) is 3.46. The van der Waals surface area contributed by atoms with Gasteiger partial charge in [0.2, 0.25) is 5.91 Å². The first-order chi connectivity index (χ1) is 13.9. The van der Waals surface area contributed by atoms with Crippen LogP contribution in [-0.2, 0) is 11.3 Å². The minimum Gasteiger partial charge on any atom is -0.494 e. The molecular weight excluding hydrogens is 372 g/mol. The van der Waals surface area contributed by atoms with E-state index in [-0.39, 0.29) is 23.9 Å². The number of rotatable bonds is 7. The van der Waals surface area contributed by atoms with Crippen molar-refractivity contribution in [2.75, 3.05) is 45.2 Å². The minimum absolute atomic E-state index is 0.0791. The van der Waals surface area contributed by atoms with Crippen molar-refractivity contribution < 1.29 is 14.5 Å². The Kier molecular flexibility index (Phi) is 6.79. The highest BCUT2D eigenvalue weighted by atomic mass is 16.6. The maximum Gasteiger partial charge on any atom is 0.273 e. The Morgan fingerprint density at radius 2 is 1.86 bits per heavy atom. The first-order valence-corrected chi connectivity index (χ1v) is 9.57. The van der Waals surface area contributed by atoms with Crippen molar-refractivity contribution >= 4 is 17.3 Å². The predicted octanol–water partition coefficient (Wildman–Crippen LogP) is 2.67. The lowest BCUT2D eigenvalue weighted by Crippen LogP contribution is -2.48. The molecule has 0 spiro atoms. The molecule has 0 aliphatic carbocycles. The summed E-state index contributed by atoms with van der Waals surface area (Å²) in [4.78, 5) is 27.3. The molecule has 8 nitrogen and oxygen atoms in total. The molecule has 3 rings (SSSR count). The molecule has 154 valence electrons. The van der Waals surface area contributed by atoms with Gasteiger partial charge in [-0.1, -0.05) is 29.8 Å². The van der Waals surface area contributed by atoms with Crippen LogP contribution in [0, 0.1) is 17.0 Å². The van der Waals surface area contributed by atoms with Gasteiger partial charge in [-0.2, -0.15) is 0 Å². The van der Waals surface area contributed by atoms with Crippen LogP contribution in [0.4, 0.5) is 11.4 Å². The highest BCUT2D eigenvalue weighted by Crippen LogP contribution is 2.28. The molecule has 1 fully saturated rings. The van der Waals surface area contributed by atoms with Gasteiger partial charge < -0.3 is 10.1 Å². The number of carbonyl (C=O) groups excluding carboxylic acids is 1. The first kappa shape index (κ1) is 20.8. The van der Waals surface area contributed by atoms with Crippen molar-refractivity contribution in [2.24, 2.45) is 0 Å². The summed E-state index contributed by atoms with van der Waals surface area (Å²) in [6.07, 6.45) is 0. The molecule has 1 heterocycles. The fraction of sp³-hybridized carbons (Fsp3) is 0.381. The number of ether oxygens (including phenoxy) is 1. The summed E-state index contributed by atoms with van der Waals surface area (Å²) in [6.45, 7) is 6.73. The fourth-order valence-corrected chi connectivity index (χ4v) is 3.46. The summed E-state index contributed by atoms with van der Waals surface area (Å²) in [6, 6.07) is 12.7. The second kappa shape index (κ2) is 9.49. The van der Waals surface area contributed by atoms with Crippen molar-refractivity contribution in [1.82, 2.24) is 9.80 Å². The molecule has 8 heteroatoms. The van der Waals surface area contributed by atoms with E-state index in [2.05, 4.69) is 46.3 Å². The van der Waals surface area contributed by atoms with Gasteiger partial charge in [-0.3, -0.25) is 24.7 Å². The third kappa shape index (κ3) is 5.75. The lowest BCUT2D eigenvalue weighted by Gasteiger charge is -2.34. The van der Waals surface area contributed by atoms with Crippen LogP contribution in [0.3, 0.4) is 0 Å². The minimum atomic E-state index is -0.496. The van der Waals surface area contributed by atoms with E-state index in [1.165, 1.54) is 36.4 Å². The third-order valence-corrected chi connectivity index (χ3v) is 4.99. The highest BCUT2D eigenvalue weighted by Gasteiger charge is 2.20. The molecule has 1 amide bonds. The van der Waals surface area contributed by atoms with E-state index in [1.54, 1.807) is 0 Å². The average Bonchev–Trinajstić information content (AvgIpc) is 2.69. The van der Waals surface area contributed by atoms with Crippen LogP contribution in [0.5, 0.6) is 5.75 Å². The number of piperazine rings is 1. The molecule has 1 aliphatic rings. The van der Waals surface area contributed by atoms with Gasteiger partial charge in [0, 0.05) is 38.8 Å². The van der Waals surface area contributed by atoms with Gasteiger partial charge in [0.25, 0.3) is 5.69 Å². The number of hydrogen-bond acceptors (Lipinski definition) is 6. The molecule has 29 heavy (non-hydrogen) atoms. The number of nitro groups is 1. The Labute approximate surface area is 170 Å². The molecule has 1 N–H and O–H groups in total. The molecule has 0 radical (unpaired) electrons. The van der Waals surface area contributed by atoms with Crippen molar-refractivity contribution in [3.8, 4) is 5.75 Å². The maximum absolute atomic E-state index is 12.4. The number of nitrogens with one attached hydrogen (secondary N) is 1. The molecule has 0 saturated carbocycles. The zero-order valence-electron chi connectivity index (χ0n) is 16.8. The quantitative estimate of drug-likeness (QED) is 0.570. The molecule has 2 aromatic carbocycles. The molecule has 2 aromatic rings. The SMILES string of the molecule is COc1cc([N+](=O)[O-])ccc1NC(=O)CN1CCN(Cc2cccc(C)c2)CC1. The Morgan fingerprint density at radius 1 is 1.14 bits per heavy atom. The third-order valence-electron chi connectivity index (χ3n) is 4.99. The molecule has 0 aromatic heterocycles. The van der Waals surface area contributed by atoms with E-state index in [1.807, 2.05) is 0 Å². The molecule has 0 unspecified atom stereocenters. The number of non-ortho nitro benzene ring substituents is 1. The summed E-state index contributed by atoms with van der Waals surface area (Å²) >= 11 is 0. The standard InChI is InChI=1S/C21H26N4O4/c1-16-4-3-5-17(12-16)14-23-8-10-24(11-9-23)15-21(26)22-19-7-6-18(25(27)28)13-20(19)29-2/h3-7,12-13H,8-11,14-15H2,1-2H3,(H,22,26). The number of carbonyl (C=O) groups is 1. The van der Waals surface area contributed by atoms with E-state index < -0.39 is 4.92 Å².